The molecule has 1 aromatic carbocycles. The van der Waals surface area contributed by atoms with E-state index in [1.54, 1.807) is 25.2 Å². The van der Waals surface area contributed by atoms with Crippen molar-refractivity contribution in [3.05, 3.63) is 46.1 Å². The van der Waals surface area contributed by atoms with Crippen LogP contribution in [0.15, 0.2) is 29.6 Å². The number of nitrogens with zero attached hydrogens (tertiary/aromatic N) is 2. The molecule has 0 saturated heterocycles. The van der Waals surface area contributed by atoms with Gasteiger partial charge in [0.05, 0.1) is 30.1 Å². The van der Waals surface area contributed by atoms with Crippen molar-refractivity contribution in [3.8, 4) is 0 Å². The van der Waals surface area contributed by atoms with Crippen molar-refractivity contribution in [1.82, 2.24) is 9.97 Å². The second-order valence-electron chi connectivity index (χ2n) is 6.72. The normalized spacial score (nSPS) is 10.8. The van der Waals surface area contributed by atoms with Crippen LogP contribution in [0.3, 0.4) is 0 Å². The minimum Gasteiger partial charge on any atom is -0.462 e. The number of esters is 2. The second kappa shape index (κ2) is 10.6. The fourth-order valence-corrected chi connectivity index (χ4v) is 4.87. The number of aryl methyl sites for hydroxylation is 2. The van der Waals surface area contributed by atoms with Gasteiger partial charge in [-0.1, -0.05) is 11.8 Å². The maximum absolute atomic E-state index is 12.6. The molecule has 168 valence electrons. The number of rotatable bonds is 8. The van der Waals surface area contributed by atoms with E-state index in [0.29, 0.717) is 5.69 Å². The lowest BCUT2D eigenvalue weighted by atomic mass is 10.1. The van der Waals surface area contributed by atoms with Crippen LogP contribution >= 0.6 is 23.1 Å². The zero-order valence-corrected chi connectivity index (χ0v) is 19.8. The Labute approximate surface area is 193 Å². The van der Waals surface area contributed by atoms with Gasteiger partial charge in [-0.3, -0.25) is 4.79 Å². The molecule has 3 rings (SSSR count). The summed E-state index contributed by atoms with van der Waals surface area (Å²) in [4.78, 5) is 47.7. The maximum Gasteiger partial charge on any atom is 0.338 e. The Kier molecular flexibility index (Phi) is 7.81. The lowest BCUT2D eigenvalue weighted by Crippen LogP contribution is -2.16. The van der Waals surface area contributed by atoms with E-state index in [1.165, 1.54) is 36.3 Å². The van der Waals surface area contributed by atoms with E-state index in [-0.39, 0.29) is 36.0 Å². The average Bonchev–Trinajstić information content (AvgIpc) is 3.06. The first-order valence-corrected chi connectivity index (χ1v) is 11.8. The molecule has 0 saturated carbocycles. The van der Waals surface area contributed by atoms with E-state index in [2.05, 4.69) is 15.3 Å². The summed E-state index contributed by atoms with van der Waals surface area (Å²) >= 11 is 2.90. The SMILES string of the molecule is CCOC(=O)c1cc(NC(=O)CSc2ncnc3sc(C)c(C)c23)cc(C(=O)OCC)c1. The van der Waals surface area contributed by atoms with E-state index in [1.807, 2.05) is 13.8 Å². The van der Waals surface area contributed by atoms with Crippen LogP contribution in [0, 0.1) is 13.8 Å². The lowest BCUT2D eigenvalue weighted by Gasteiger charge is -2.10. The van der Waals surface area contributed by atoms with Gasteiger partial charge < -0.3 is 14.8 Å². The summed E-state index contributed by atoms with van der Waals surface area (Å²) in [5, 5.41) is 4.43. The quantitative estimate of drug-likeness (QED) is 0.292. The smallest absolute Gasteiger partial charge is 0.338 e. The van der Waals surface area contributed by atoms with E-state index in [4.69, 9.17) is 9.47 Å². The lowest BCUT2D eigenvalue weighted by molar-refractivity contribution is -0.113. The summed E-state index contributed by atoms with van der Waals surface area (Å²) in [6.45, 7) is 7.80. The average molecular weight is 474 g/mol. The molecule has 1 amide bonds. The van der Waals surface area contributed by atoms with Gasteiger partial charge in [0.2, 0.25) is 5.91 Å². The minimum absolute atomic E-state index is 0.0961. The summed E-state index contributed by atoms with van der Waals surface area (Å²) in [5.74, 6) is -1.38. The summed E-state index contributed by atoms with van der Waals surface area (Å²) in [6.07, 6.45) is 1.49. The molecule has 2 heterocycles. The molecule has 0 bridgehead atoms. The van der Waals surface area contributed by atoms with E-state index >= 15 is 0 Å². The first kappa shape index (κ1) is 23.7. The fraction of sp³-hybridized carbons (Fsp3) is 0.318. The zero-order valence-electron chi connectivity index (χ0n) is 18.2. The third kappa shape index (κ3) is 5.43. The van der Waals surface area contributed by atoms with Crippen LogP contribution in [0.4, 0.5) is 5.69 Å². The number of thiophene rings is 1. The summed E-state index contributed by atoms with van der Waals surface area (Å²) in [7, 11) is 0. The van der Waals surface area contributed by atoms with Crippen LogP contribution in [0.25, 0.3) is 10.2 Å². The Balaban J connectivity index is 1.78. The monoisotopic (exact) mass is 473 g/mol. The highest BCUT2D eigenvalue weighted by molar-refractivity contribution is 8.00. The van der Waals surface area contributed by atoms with Crippen LogP contribution < -0.4 is 5.32 Å². The number of benzene rings is 1. The van der Waals surface area contributed by atoms with E-state index in [0.717, 1.165) is 25.7 Å². The third-order valence-corrected chi connectivity index (χ3v) is 6.61. The molecule has 0 radical (unpaired) electrons. The van der Waals surface area contributed by atoms with Crippen LogP contribution in [0.1, 0.15) is 45.0 Å². The second-order valence-corrected chi connectivity index (χ2v) is 8.89. The highest BCUT2D eigenvalue weighted by atomic mass is 32.2. The molecular weight excluding hydrogens is 450 g/mol. The Morgan fingerprint density at radius 2 is 1.62 bits per heavy atom. The molecule has 0 aliphatic rings. The van der Waals surface area contributed by atoms with Crippen molar-refractivity contribution >= 4 is 56.8 Å². The van der Waals surface area contributed by atoms with Crippen molar-refractivity contribution in [2.75, 3.05) is 24.3 Å². The van der Waals surface area contributed by atoms with Gasteiger partial charge in [-0.05, 0) is 51.5 Å². The Morgan fingerprint density at radius 1 is 1.00 bits per heavy atom. The van der Waals surface area contributed by atoms with Gasteiger partial charge in [0.25, 0.3) is 0 Å². The largest absolute Gasteiger partial charge is 0.462 e. The van der Waals surface area contributed by atoms with Crippen molar-refractivity contribution in [2.24, 2.45) is 0 Å². The molecule has 1 N–H and O–H groups in total. The first-order chi connectivity index (χ1) is 15.3. The minimum atomic E-state index is -0.588. The molecule has 0 fully saturated rings. The number of thioether (sulfide) groups is 1. The Bertz CT molecular complexity index is 1140. The van der Waals surface area contributed by atoms with Crippen molar-refractivity contribution in [2.45, 2.75) is 32.7 Å². The fourth-order valence-electron chi connectivity index (χ4n) is 2.95. The summed E-state index contributed by atoms with van der Waals surface area (Å²) < 4.78 is 10.0. The van der Waals surface area contributed by atoms with E-state index < -0.39 is 11.9 Å². The van der Waals surface area contributed by atoms with Gasteiger partial charge in [-0.25, -0.2) is 19.6 Å². The number of hydrogen-bond acceptors (Lipinski definition) is 9. The first-order valence-electron chi connectivity index (χ1n) is 9.96. The molecular formula is C22H23N3O5S2. The van der Waals surface area contributed by atoms with Crippen LogP contribution in [-0.2, 0) is 14.3 Å². The number of amides is 1. The molecule has 32 heavy (non-hydrogen) atoms. The third-order valence-electron chi connectivity index (χ3n) is 4.51. The topological polar surface area (TPSA) is 107 Å². The standard InChI is InChI=1S/C22H23N3O5S2/c1-5-29-21(27)14-7-15(22(28)30-6-2)9-16(8-14)25-17(26)10-31-19-18-12(3)13(4)32-20(18)24-11-23-19/h7-9,11H,5-6,10H2,1-4H3,(H,25,26). The summed E-state index contributed by atoms with van der Waals surface area (Å²) in [5.41, 5.74) is 1.72. The van der Waals surface area contributed by atoms with Crippen LogP contribution in [-0.4, -0.2) is 46.8 Å². The number of anilines is 1. The van der Waals surface area contributed by atoms with Gasteiger partial charge in [0.15, 0.2) is 0 Å². The predicted molar refractivity (Wildman–Crippen MR) is 125 cm³/mol. The molecule has 3 aromatic rings. The van der Waals surface area contributed by atoms with E-state index in [9.17, 15) is 14.4 Å². The number of ether oxygens (including phenoxy) is 2. The molecule has 0 spiro atoms. The van der Waals surface area contributed by atoms with Crippen LogP contribution in [0.5, 0.6) is 0 Å². The molecule has 0 aliphatic carbocycles. The van der Waals surface area contributed by atoms with Crippen molar-refractivity contribution in [3.63, 3.8) is 0 Å². The van der Waals surface area contributed by atoms with Crippen molar-refractivity contribution in [1.29, 1.82) is 0 Å². The van der Waals surface area contributed by atoms with Gasteiger partial charge in [0, 0.05) is 16.0 Å². The molecule has 0 aliphatic heterocycles. The molecule has 10 heteroatoms. The van der Waals surface area contributed by atoms with Crippen LogP contribution in [0.2, 0.25) is 0 Å². The molecule has 0 atom stereocenters. The molecule has 2 aromatic heterocycles. The molecule has 8 nitrogen and oxygen atoms in total. The number of aromatic nitrogens is 2. The number of carbonyl (C=O) groups excluding carboxylic acids is 3. The van der Waals surface area contributed by atoms with Crippen molar-refractivity contribution < 1.29 is 23.9 Å². The van der Waals surface area contributed by atoms with Gasteiger partial charge in [-0.15, -0.1) is 11.3 Å². The Hall–Kier alpha value is -2.98. The number of carbonyl (C=O) groups is 3. The zero-order chi connectivity index (χ0) is 23.3. The predicted octanol–water partition coefficient (Wildman–Crippen LogP) is 4.39. The maximum atomic E-state index is 12.6. The number of hydrogen-bond donors (Lipinski definition) is 1. The number of nitrogens with one attached hydrogen (secondary N) is 1. The van der Waals surface area contributed by atoms with Gasteiger partial charge in [0.1, 0.15) is 16.2 Å². The highest BCUT2D eigenvalue weighted by Crippen LogP contribution is 2.34. The highest BCUT2D eigenvalue weighted by Gasteiger charge is 2.17. The Morgan fingerprint density at radius 3 is 2.22 bits per heavy atom. The number of fused-ring (bicyclic) bond motifs is 1. The molecule has 0 unspecified atom stereocenters. The van der Waals surface area contributed by atoms with Gasteiger partial charge in [-0.2, -0.15) is 0 Å². The summed E-state index contributed by atoms with van der Waals surface area (Å²) in [6, 6.07) is 4.33. The van der Waals surface area contributed by atoms with Gasteiger partial charge >= 0.3 is 11.9 Å².